The minimum absolute atomic E-state index is 0.293. The van der Waals surface area contributed by atoms with Gasteiger partial charge in [-0.2, -0.15) is 0 Å². The molecule has 0 radical (unpaired) electrons. The molecule has 1 N–H and O–H groups in total. The summed E-state index contributed by atoms with van der Waals surface area (Å²) >= 11 is 1.76. The molecule has 2 aliphatic heterocycles. The van der Waals surface area contributed by atoms with Crippen LogP contribution in [0, 0.1) is 12.8 Å². The number of hydrogen-bond acceptors (Lipinski definition) is 5. The molecule has 1 aromatic rings. The zero-order chi connectivity index (χ0) is 13.4. The number of nitrogens with one attached hydrogen (secondary N) is 1. The summed E-state index contributed by atoms with van der Waals surface area (Å²) in [5.74, 6) is 1.87. The highest BCUT2D eigenvalue weighted by Gasteiger charge is 2.33. The Labute approximate surface area is 118 Å². The van der Waals surface area contributed by atoms with E-state index in [-0.39, 0.29) is 0 Å². The van der Waals surface area contributed by atoms with Crippen molar-refractivity contribution in [2.75, 3.05) is 13.1 Å². The van der Waals surface area contributed by atoms with Gasteiger partial charge >= 0.3 is 0 Å². The Bertz CT molecular complexity index is 482. The van der Waals surface area contributed by atoms with Gasteiger partial charge in [-0.05, 0) is 32.6 Å². The molecule has 3 atom stereocenters. The minimum Gasteiger partial charge on any atom is -0.349 e. The van der Waals surface area contributed by atoms with Gasteiger partial charge in [0.25, 0.3) is 0 Å². The zero-order valence-corrected chi connectivity index (χ0v) is 12.7. The minimum atomic E-state index is 0.293. The van der Waals surface area contributed by atoms with E-state index in [9.17, 15) is 0 Å². The van der Waals surface area contributed by atoms with Crippen molar-refractivity contribution in [1.82, 2.24) is 15.2 Å². The average Bonchev–Trinajstić information content (AvgIpc) is 2.97. The van der Waals surface area contributed by atoms with Crippen LogP contribution in [0.4, 0.5) is 0 Å². The number of hydrogen-bond donors (Lipinski definition) is 1. The number of piperidine rings is 1. The zero-order valence-electron chi connectivity index (χ0n) is 11.9. The number of guanidine groups is 1. The van der Waals surface area contributed by atoms with E-state index < -0.39 is 0 Å². The maximum Gasteiger partial charge on any atom is 0.194 e. The molecule has 19 heavy (non-hydrogen) atoms. The largest absolute Gasteiger partial charge is 0.349 e. The fourth-order valence-corrected chi connectivity index (χ4v) is 3.70. The van der Waals surface area contributed by atoms with E-state index in [1.807, 2.05) is 6.20 Å². The van der Waals surface area contributed by atoms with E-state index in [4.69, 9.17) is 4.99 Å². The van der Waals surface area contributed by atoms with Crippen molar-refractivity contribution >= 4 is 17.3 Å². The van der Waals surface area contributed by atoms with Gasteiger partial charge in [-0.15, -0.1) is 11.3 Å². The van der Waals surface area contributed by atoms with Crippen LogP contribution >= 0.6 is 11.3 Å². The molecule has 3 unspecified atom stereocenters. The van der Waals surface area contributed by atoms with Gasteiger partial charge in [-0.3, -0.25) is 4.99 Å². The van der Waals surface area contributed by atoms with E-state index in [1.165, 1.54) is 17.7 Å². The Balaban J connectivity index is 1.66. The number of aryl methyl sites for hydroxylation is 1. The first-order valence-electron chi connectivity index (χ1n) is 7.13. The van der Waals surface area contributed by atoms with Crippen molar-refractivity contribution < 1.29 is 0 Å². The predicted molar refractivity (Wildman–Crippen MR) is 79.6 cm³/mol. The number of aliphatic imine (C=N–C) groups is 1. The summed E-state index contributed by atoms with van der Waals surface area (Å²) in [6.07, 6.45) is 4.60. The van der Waals surface area contributed by atoms with Gasteiger partial charge in [0.2, 0.25) is 0 Å². The van der Waals surface area contributed by atoms with Crippen LogP contribution in [0.5, 0.6) is 0 Å². The smallest absolute Gasteiger partial charge is 0.194 e. The Hall–Kier alpha value is -1.10. The molecule has 0 aliphatic carbocycles. The quantitative estimate of drug-likeness (QED) is 0.904. The molecular formula is C14H22N4S. The summed E-state index contributed by atoms with van der Waals surface area (Å²) in [6.45, 7) is 8.68. The lowest BCUT2D eigenvalue weighted by Crippen LogP contribution is -2.48. The lowest BCUT2D eigenvalue weighted by Gasteiger charge is -2.36. The number of thiazole rings is 1. The molecule has 4 nitrogen and oxygen atoms in total. The maximum atomic E-state index is 4.70. The van der Waals surface area contributed by atoms with Crippen molar-refractivity contribution in [3.63, 3.8) is 0 Å². The molecule has 0 saturated carbocycles. The van der Waals surface area contributed by atoms with Gasteiger partial charge in [0, 0.05) is 17.6 Å². The molecule has 2 aliphatic rings. The van der Waals surface area contributed by atoms with E-state index in [0.717, 1.165) is 30.0 Å². The first kappa shape index (κ1) is 12.9. The summed E-state index contributed by atoms with van der Waals surface area (Å²) < 4.78 is 0. The average molecular weight is 278 g/mol. The normalized spacial score (nSPS) is 27.9. The molecule has 0 amide bonds. The monoisotopic (exact) mass is 278 g/mol. The van der Waals surface area contributed by atoms with Crippen LogP contribution in [-0.4, -0.2) is 35.0 Å². The lowest BCUT2D eigenvalue weighted by molar-refractivity contribution is 0.210. The van der Waals surface area contributed by atoms with Crippen LogP contribution in [0.3, 0.4) is 0 Å². The topological polar surface area (TPSA) is 40.5 Å². The second-order valence-corrected chi connectivity index (χ2v) is 7.07. The molecule has 1 saturated heterocycles. The lowest BCUT2D eigenvalue weighted by atomic mass is 9.95. The van der Waals surface area contributed by atoms with Crippen molar-refractivity contribution in [1.29, 1.82) is 0 Å². The number of rotatable bonds is 2. The molecule has 3 heterocycles. The van der Waals surface area contributed by atoms with Gasteiger partial charge < -0.3 is 10.2 Å². The molecule has 0 spiro atoms. The summed E-state index contributed by atoms with van der Waals surface area (Å²) in [7, 11) is 0. The third kappa shape index (κ3) is 2.61. The highest BCUT2D eigenvalue weighted by Crippen LogP contribution is 2.27. The van der Waals surface area contributed by atoms with E-state index >= 15 is 0 Å². The molecule has 104 valence electrons. The van der Waals surface area contributed by atoms with Crippen molar-refractivity contribution in [3.05, 3.63) is 16.1 Å². The summed E-state index contributed by atoms with van der Waals surface area (Å²) in [5.41, 5.74) is 0. The van der Waals surface area contributed by atoms with Gasteiger partial charge in [0.15, 0.2) is 5.96 Å². The van der Waals surface area contributed by atoms with Crippen LogP contribution in [-0.2, 0) is 0 Å². The molecular weight excluding hydrogens is 256 g/mol. The van der Waals surface area contributed by atoms with Crippen LogP contribution < -0.4 is 5.32 Å². The predicted octanol–water partition coefficient (Wildman–Crippen LogP) is 2.57. The fraction of sp³-hybridized carbons (Fsp3) is 0.714. The van der Waals surface area contributed by atoms with Crippen LogP contribution in [0.2, 0.25) is 0 Å². The highest BCUT2D eigenvalue weighted by atomic mass is 32.1. The van der Waals surface area contributed by atoms with Gasteiger partial charge in [0.05, 0.1) is 23.6 Å². The fourth-order valence-electron chi connectivity index (χ4n) is 2.91. The van der Waals surface area contributed by atoms with Gasteiger partial charge in [-0.25, -0.2) is 4.98 Å². The maximum absolute atomic E-state index is 4.70. The molecule has 1 aromatic heterocycles. The molecule has 5 heteroatoms. The van der Waals surface area contributed by atoms with Crippen LogP contribution in [0.15, 0.2) is 11.2 Å². The molecule has 0 bridgehead atoms. The third-order valence-electron chi connectivity index (χ3n) is 4.08. The van der Waals surface area contributed by atoms with Gasteiger partial charge in [-0.1, -0.05) is 6.92 Å². The summed E-state index contributed by atoms with van der Waals surface area (Å²) in [6, 6.07) is 0.926. The highest BCUT2D eigenvalue weighted by molar-refractivity contribution is 7.11. The van der Waals surface area contributed by atoms with E-state index in [2.05, 4.69) is 36.0 Å². The summed E-state index contributed by atoms with van der Waals surface area (Å²) in [4.78, 5) is 12.8. The second-order valence-electron chi connectivity index (χ2n) is 5.80. The number of aromatic nitrogens is 1. The molecule has 1 fully saturated rings. The first-order chi connectivity index (χ1) is 9.13. The Morgan fingerprint density at radius 3 is 3.05 bits per heavy atom. The Morgan fingerprint density at radius 2 is 2.32 bits per heavy atom. The van der Waals surface area contributed by atoms with Crippen LogP contribution in [0.1, 0.15) is 42.6 Å². The van der Waals surface area contributed by atoms with Crippen molar-refractivity contribution in [3.8, 4) is 0 Å². The van der Waals surface area contributed by atoms with Crippen molar-refractivity contribution in [2.24, 2.45) is 10.9 Å². The van der Waals surface area contributed by atoms with Crippen LogP contribution in [0.25, 0.3) is 0 Å². The Morgan fingerprint density at radius 1 is 1.47 bits per heavy atom. The first-order valence-corrected chi connectivity index (χ1v) is 7.95. The van der Waals surface area contributed by atoms with Gasteiger partial charge in [0.1, 0.15) is 0 Å². The van der Waals surface area contributed by atoms with E-state index in [0.29, 0.717) is 12.1 Å². The number of fused-ring (bicyclic) bond motifs is 1. The SMILES string of the molecule is Cc1ncc(C(C)NC2=NCC3CCC(C)CN23)s1. The summed E-state index contributed by atoms with van der Waals surface area (Å²) in [5, 5.41) is 4.70. The third-order valence-corrected chi connectivity index (χ3v) is 5.17. The van der Waals surface area contributed by atoms with Crippen molar-refractivity contribution in [2.45, 2.75) is 45.7 Å². The molecule has 0 aromatic carbocycles. The molecule has 3 rings (SSSR count). The number of nitrogens with zero attached hydrogens (tertiary/aromatic N) is 3. The standard InChI is InChI=1S/C14H22N4S/c1-9-4-5-12-6-16-14(18(12)8-9)17-10(2)13-7-15-11(3)19-13/h7,9-10,12H,4-6,8H2,1-3H3,(H,16,17). The second kappa shape index (κ2) is 5.12. The van der Waals surface area contributed by atoms with E-state index in [1.54, 1.807) is 11.3 Å². The Kier molecular flexibility index (Phi) is 3.48.